The summed E-state index contributed by atoms with van der Waals surface area (Å²) in [7, 11) is 0. The van der Waals surface area contributed by atoms with Crippen LogP contribution < -0.4 is 5.63 Å². The smallest absolute Gasteiger partial charge is 0.343 e. The molecule has 4 nitrogen and oxygen atoms in total. The third kappa shape index (κ3) is 2.91. The number of benzene rings is 1. The number of nitriles is 2. The first kappa shape index (κ1) is 14.4. The van der Waals surface area contributed by atoms with Crippen molar-refractivity contribution in [2.24, 2.45) is 0 Å². The quantitative estimate of drug-likeness (QED) is 0.459. The first-order valence-electron chi connectivity index (χ1n) is 7.00. The summed E-state index contributed by atoms with van der Waals surface area (Å²) < 4.78 is 5.31. The number of hydrogen-bond donors (Lipinski definition) is 0. The molecule has 0 amide bonds. The summed E-state index contributed by atoms with van der Waals surface area (Å²) >= 11 is 0. The van der Waals surface area contributed by atoms with Crippen LogP contribution in [0.4, 0.5) is 0 Å². The zero-order valence-corrected chi connectivity index (χ0v) is 12.1. The Hall–Kier alpha value is -3.55. The molecule has 0 unspecified atom stereocenters. The summed E-state index contributed by atoms with van der Waals surface area (Å²) in [4.78, 5) is 12.0. The van der Waals surface area contributed by atoms with Gasteiger partial charge in [0.15, 0.2) is 0 Å². The average molecular weight is 298 g/mol. The maximum Gasteiger partial charge on any atom is 0.343 e. The molecular formula is C19H10N2O2. The predicted molar refractivity (Wildman–Crippen MR) is 86.8 cm³/mol. The van der Waals surface area contributed by atoms with Crippen molar-refractivity contribution in [2.75, 3.05) is 0 Å². The molecule has 0 bridgehead atoms. The molecule has 1 aliphatic rings. The van der Waals surface area contributed by atoms with Crippen LogP contribution in [0.25, 0.3) is 23.1 Å². The second-order valence-corrected chi connectivity index (χ2v) is 4.99. The third-order valence-electron chi connectivity index (χ3n) is 3.43. The molecule has 0 radical (unpaired) electrons. The molecular weight excluding hydrogens is 288 g/mol. The largest absolute Gasteiger partial charge is 0.422 e. The van der Waals surface area contributed by atoms with Gasteiger partial charge in [0.2, 0.25) is 0 Å². The summed E-state index contributed by atoms with van der Waals surface area (Å²) in [5, 5.41) is 18.3. The summed E-state index contributed by atoms with van der Waals surface area (Å²) in [6, 6.07) is 8.72. The highest BCUT2D eigenvalue weighted by Crippen LogP contribution is 2.22. The van der Waals surface area contributed by atoms with Crippen LogP contribution >= 0.6 is 0 Å². The van der Waals surface area contributed by atoms with Crippen LogP contribution in [0.15, 0.2) is 39.1 Å². The first-order chi connectivity index (χ1) is 11.2. The molecule has 0 aliphatic heterocycles. The van der Waals surface area contributed by atoms with Crippen molar-refractivity contribution in [3.63, 3.8) is 0 Å². The highest BCUT2D eigenvalue weighted by molar-refractivity contribution is 5.84. The molecule has 0 saturated heterocycles. The Morgan fingerprint density at radius 2 is 2.09 bits per heavy atom. The minimum atomic E-state index is -0.588. The monoisotopic (exact) mass is 298 g/mol. The molecule has 1 aromatic heterocycles. The maximum atomic E-state index is 12.0. The minimum Gasteiger partial charge on any atom is -0.422 e. The van der Waals surface area contributed by atoms with Gasteiger partial charge >= 0.3 is 5.63 Å². The first-order valence-corrected chi connectivity index (χ1v) is 7.00. The van der Waals surface area contributed by atoms with Gasteiger partial charge in [0.25, 0.3) is 0 Å². The van der Waals surface area contributed by atoms with Crippen LogP contribution in [0.2, 0.25) is 0 Å². The van der Waals surface area contributed by atoms with Crippen molar-refractivity contribution < 1.29 is 4.42 Å². The van der Waals surface area contributed by atoms with Gasteiger partial charge in [0.05, 0.1) is 5.56 Å². The molecule has 2 aromatic rings. The molecule has 0 saturated carbocycles. The summed E-state index contributed by atoms with van der Waals surface area (Å²) in [5.41, 5.74) is 1.65. The Kier molecular flexibility index (Phi) is 3.79. The molecule has 3 rings (SSSR count). The van der Waals surface area contributed by atoms with Crippen LogP contribution in [0.1, 0.15) is 29.5 Å². The standard InChI is InChI=1S/C19H10N2O2/c20-11-13(12-21)7-17-9-16-8-14-5-3-1-2-4-6-15(14)10-18(16)23-19(17)22/h3,5,7-10H,1-2H2. The van der Waals surface area contributed by atoms with Crippen molar-refractivity contribution in [2.45, 2.75) is 12.8 Å². The molecule has 0 spiro atoms. The van der Waals surface area contributed by atoms with Gasteiger partial charge in [0.1, 0.15) is 23.3 Å². The van der Waals surface area contributed by atoms with Crippen molar-refractivity contribution in [1.29, 1.82) is 10.5 Å². The molecule has 1 heterocycles. The van der Waals surface area contributed by atoms with Gasteiger partial charge in [-0.3, -0.25) is 0 Å². The van der Waals surface area contributed by atoms with Crippen molar-refractivity contribution >= 4 is 23.1 Å². The summed E-state index contributed by atoms with van der Waals surface area (Å²) in [5.74, 6) is 6.15. The average Bonchev–Trinajstić information content (AvgIpc) is 2.53. The van der Waals surface area contributed by atoms with E-state index in [-0.39, 0.29) is 11.1 Å². The van der Waals surface area contributed by atoms with E-state index in [9.17, 15) is 4.79 Å². The topological polar surface area (TPSA) is 77.8 Å². The van der Waals surface area contributed by atoms with E-state index in [4.69, 9.17) is 14.9 Å². The summed E-state index contributed by atoms with van der Waals surface area (Å²) in [6.45, 7) is 0. The zero-order valence-electron chi connectivity index (χ0n) is 12.1. The number of rotatable bonds is 1. The Labute approximate surface area is 132 Å². The lowest BCUT2D eigenvalue weighted by atomic mass is 10.0. The van der Waals surface area contributed by atoms with E-state index < -0.39 is 5.63 Å². The van der Waals surface area contributed by atoms with Gasteiger partial charge in [-0.15, -0.1) is 0 Å². The van der Waals surface area contributed by atoms with Crippen LogP contribution in [0.5, 0.6) is 0 Å². The molecule has 0 fully saturated rings. The predicted octanol–water partition coefficient (Wildman–Crippen LogP) is 3.38. The Morgan fingerprint density at radius 1 is 1.26 bits per heavy atom. The van der Waals surface area contributed by atoms with Crippen LogP contribution in [0.3, 0.4) is 0 Å². The van der Waals surface area contributed by atoms with Crippen LogP contribution in [-0.4, -0.2) is 0 Å². The zero-order chi connectivity index (χ0) is 16.2. The summed E-state index contributed by atoms with van der Waals surface area (Å²) in [6.07, 6.45) is 6.99. The fourth-order valence-electron chi connectivity index (χ4n) is 2.32. The van der Waals surface area contributed by atoms with E-state index in [0.29, 0.717) is 5.58 Å². The number of nitrogens with zero attached hydrogens (tertiary/aromatic N) is 2. The van der Waals surface area contributed by atoms with Gasteiger partial charge < -0.3 is 4.42 Å². The minimum absolute atomic E-state index is 0.145. The number of hydrogen-bond acceptors (Lipinski definition) is 4. The van der Waals surface area contributed by atoms with E-state index in [1.165, 1.54) is 6.08 Å². The normalized spacial score (nSPS) is 11.9. The molecule has 1 aromatic carbocycles. The highest BCUT2D eigenvalue weighted by atomic mass is 16.4. The second-order valence-electron chi connectivity index (χ2n) is 4.99. The lowest BCUT2D eigenvalue weighted by Crippen LogP contribution is -2.03. The van der Waals surface area contributed by atoms with E-state index in [0.717, 1.165) is 29.4 Å². The van der Waals surface area contributed by atoms with Crippen molar-refractivity contribution in [3.05, 3.63) is 57.0 Å². The molecule has 108 valence electrons. The van der Waals surface area contributed by atoms with E-state index >= 15 is 0 Å². The Bertz CT molecular complexity index is 1050. The lowest BCUT2D eigenvalue weighted by Gasteiger charge is -2.05. The number of allylic oxidation sites excluding steroid dienone is 2. The fourth-order valence-corrected chi connectivity index (χ4v) is 2.32. The van der Waals surface area contributed by atoms with Gasteiger partial charge in [-0.2, -0.15) is 10.5 Å². The van der Waals surface area contributed by atoms with Gasteiger partial charge in [-0.25, -0.2) is 4.79 Å². The Morgan fingerprint density at radius 3 is 2.87 bits per heavy atom. The highest BCUT2D eigenvalue weighted by Gasteiger charge is 2.08. The van der Waals surface area contributed by atoms with E-state index in [1.54, 1.807) is 24.3 Å². The fraction of sp³-hybridized carbons (Fsp3) is 0.105. The van der Waals surface area contributed by atoms with E-state index in [1.807, 2.05) is 12.1 Å². The van der Waals surface area contributed by atoms with Crippen molar-refractivity contribution in [1.82, 2.24) is 0 Å². The van der Waals surface area contributed by atoms with Gasteiger partial charge in [-0.05, 0) is 36.3 Å². The molecule has 1 aliphatic carbocycles. The molecule has 0 atom stereocenters. The maximum absolute atomic E-state index is 12.0. The SMILES string of the molecule is N#CC(C#N)=Cc1cc2cc3c(cc2oc1=O)C#CCCC=C3. The van der Waals surface area contributed by atoms with Gasteiger partial charge in [0, 0.05) is 17.4 Å². The van der Waals surface area contributed by atoms with Crippen LogP contribution in [-0.2, 0) is 0 Å². The van der Waals surface area contributed by atoms with Gasteiger partial charge in [-0.1, -0.05) is 24.0 Å². The second kappa shape index (κ2) is 6.06. The molecule has 23 heavy (non-hydrogen) atoms. The Balaban J connectivity index is 2.24. The molecule has 4 heteroatoms. The van der Waals surface area contributed by atoms with Crippen molar-refractivity contribution in [3.8, 4) is 24.0 Å². The lowest BCUT2D eigenvalue weighted by molar-refractivity contribution is 0.559. The third-order valence-corrected chi connectivity index (χ3v) is 3.43. The van der Waals surface area contributed by atoms with E-state index in [2.05, 4.69) is 17.9 Å². The molecule has 0 N–H and O–H groups in total. The van der Waals surface area contributed by atoms with Crippen LogP contribution in [0, 0.1) is 34.5 Å². The number of fused-ring (bicyclic) bond motifs is 2.